The predicted molar refractivity (Wildman–Crippen MR) is 69.4 cm³/mol. The highest BCUT2D eigenvalue weighted by atomic mass is 19.3. The fourth-order valence-corrected chi connectivity index (χ4v) is 1.73. The molecule has 3 nitrogen and oxygen atoms in total. The van der Waals surface area contributed by atoms with Crippen LogP contribution in [0.3, 0.4) is 0 Å². The lowest BCUT2D eigenvalue weighted by Gasteiger charge is -2.18. The zero-order chi connectivity index (χ0) is 14.5. The quantitative estimate of drug-likeness (QED) is 0.839. The molecule has 0 aliphatic heterocycles. The van der Waals surface area contributed by atoms with Crippen molar-refractivity contribution in [2.45, 2.75) is 13.2 Å². The standard InChI is InChI=1S/C14H13F3N2O/c1-19(9-10-4-2-3-5-12(10)15)13-7-6-11(8-18-13)20-14(16)17/h2-8,14H,9H2,1H3. The topological polar surface area (TPSA) is 25.4 Å². The molecule has 6 heteroatoms. The normalized spacial score (nSPS) is 10.7. The van der Waals surface area contributed by atoms with E-state index in [1.807, 2.05) is 0 Å². The molecule has 0 saturated carbocycles. The summed E-state index contributed by atoms with van der Waals surface area (Å²) in [7, 11) is 1.74. The van der Waals surface area contributed by atoms with E-state index in [9.17, 15) is 13.2 Å². The highest BCUT2D eigenvalue weighted by Gasteiger charge is 2.09. The number of rotatable bonds is 5. The van der Waals surface area contributed by atoms with Crippen molar-refractivity contribution < 1.29 is 17.9 Å². The number of ether oxygens (including phenoxy) is 1. The predicted octanol–water partition coefficient (Wildman–Crippen LogP) is 3.46. The number of halogens is 3. The lowest BCUT2D eigenvalue weighted by Crippen LogP contribution is -2.18. The number of hydrogen-bond donors (Lipinski definition) is 0. The van der Waals surface area contributed by atoms with Crippen LogP contribution >= 0.6 is 0 Å². The van der Waals surface area contributed by atoms with Gasteiger partial charge in [-0.05, 0) is 18.2 Å². The van der Waals surface area contributed by atoms with E-state index < -0.39 is 6.61 Å². The molecule has 1 heterocycles. The molecule has 106 valence electrons. The fraction of sp³-hybridized carbons (Fsp3) is 0.214. The van der Waals surface area contributed by atoms with E-state index in [1.54, 1.807) is 36.2 Å². The minimum Gasteiger partial charge on any atom is -0.433 e. The molecule has 0 unspecified atom stereocenters. The first-order valence-electron chi connectivity index (χ1n) is 5.91. The van der Waals surface area contributed by atoms with Crippen LogP contribution in [0.25, 0.3) is 0 Å². The number of pyridine rings is 1. The average Bonchev–Trinajstić information content (AvgIpc) is 2.41. The van der Waals surface area contributed by atoms with Gasteiger partial charge in [-0.15, -0.1) is 0 Å². The lowest BCUT2D eigenvalue weighted by atomic mass is 10.2. The Morgan fingerprint density at radius 1 is 1.20 bits per heavy atom. The number of anilines is 1. The van der Waals surface area contributed by atoms with Crippen molar-refractivity contribution in [3.63, 3.8) is 0 Å². The van der Waals surface area contributed by atoms with E-state index in [0.29, 0.717) is 17.9 Å². The van der Waals surface area contributed by atoms with Crippen LogP contribution in [0.2, 0.25) is 0 Å². The van der Waals surface area contributed by atoms with E-state index in [4.69, 9.17) is 0 Å². The molecule has 0 radical (unpaired) electrons. The summed E-state index contributed by atoms with van der Waals surface area (Å²) < 4.78 is 41.8. The van der Waals surface area contributed by atoms with Crippen molar-refractivity contribution in [2.75, 3.05) is 11.9 Å². The van der Waals surface area contributed by atoms with Crippen LogP contribution in [0.5, 0.6) is 5.75 Å². The molecule has 0 fully saturated rings. The average molecular weight is 282 g/mol. The van der Waals surface area contributed by atoms with Crippen LogP contribution in [0.15, 0.2) is 42.6 Å². The minimum absolute atomic E-state index is 0.0111. The van der Waals surface area contributed by atoms with Gasteiger partial charge in [0.1, 0.15) is 17.4 Å². The molecule has 0 amide bonds. The van der Waals surface area contributed by atoms with Gasteiger partial charge in [0.25, 0.3) is 0 Å². The highest BCUT2D eigenvalue weighted by Crippen LogP contribution is 2.19. The third kappa shape index (κ3) is 3.63. The summed E-state index contributed by atoms with van der Waals surface area (Å²) in [5, 5.41) is 0. The molecule has 2 aromatic rings. The van der Waals surface area contributed by atoms with Gasteiger partial charge in [-0.2, -0.15) is 8.78 Å². The Balaban J connectivity index is 2.06. The minimum atomic E-state index is -2.88. The summed E-state index contributed by atoms with van der Waals surface area (Å²) in [6, 6.07) is 9.37. The number of alkyl halides is 2. The van der Waals surface area contributed by atoms with Gasteiger partial charge in [-0.1, -0.05) is 18.2 Å². The van der Waals surface area contributed by atoms with E-state index >= 15 is 0 Å². The second-order valence-electron chi connectivity index (χ2n) is 4.18. The Labute approximate surface area is 114 Å². The number of nitrogens with zero attached hydrogens (tertiary/aromatic N) is 2. The number of benzene rings is 1. The van der Waals surface area contributed by atoms with Crippen LogP contribution in [-0.4, -0.2) is 18.6 Å². The van der Waals surface area contributed by atoms with Crippen LogP contribution in [0, 0.1) is 5.82 Å². The van der Waals surface area contributed by atoms with E-state index in [0.717, 1.165) is 0 Å². The van der Waals surface area contributed by atoms with Gasteiger partial charge < -0.3 is 9.64 Å². The van der Waals surface area contributed by atoms with Gasteiger partial charge in [-0.25, -0.2) is 9.37 Å². The molecular formula is C14H13F3N2O. The van der Waals surface area contributed by atoms with Crippen molar-refractivity contribution in [3.05, 3.63) is 54.0 Å². The van der Waals surface area contributed by atoms with Crippen LogP contribution in [-0.2, 0) is 6.54 Å². The Bertz CT molecular complexity index is 561. The van der Waals surface area contributed by atoms with Crippen molar-refractivity contribution in [1.82, 2.24) is 4.98 Å². The number of hydrogen-bond acceptors (Lipinski definition) is 3. The van der Waals surface area contributed by atoms with Crippen molar-refractivity contribution in [2.24, 2.45) is 0 Å². The summed E-state index contributed by atoms with van der Waals surface area (Å²) in [5.41, 5.74) is 0.532. The van der Waals surface area contributed by atoms with Crippen LogP contribution < -0.4 is 9.64 Å². The molecule has 0 bridgehead atoms. The fourth-order valence-electron chi connectivity index (χ4n) is 1.73. The van der Waals surface area contributed by atoms with Crippen LogP contribution in [0.4, 0.5) is 19.0 Å². The first-order chi connectivity index (χ1) is 9.56. The Morgan fingerprint density at radius 3 is 2.55 bits per heavy atom. The van der Waals surface area contributed by atoms with Gasteiger partial charge >= 0.3 is 6.61 Å². The second-order valence-corrected chi connectivity index (χ2v) is 4.18. The smallest absolute Gasteiger partial charge is 0.387 e. The summed E-state index contributed by atoms with van der Waals surface area (Å²) in [5.74, 6) is 0.231. The summed E-state index contributed by atoms with van der Waals surface area (Å²) in [6.45, 7) is -2.55. The van der Waals surface area contributed by atoms with E-state index in [-0.39, 0.29) is 11.6 Å². The van der Waals surface area contributed by atoms with Gasteiger partial charge in [0, 0.05) is 19.2 Å². The Kier molecular flexibility index (Phi) is 4.45. The zero-order valence-corrected chi connectivity index (χ0v) is 10.8. The van der Waals surface area contributed by atoms with Gasteiger partial charge in [-0.3, -0.25) is 0 Å². The highest BCUT2D eigenvalue weighted by molar-refractivity contribution is 5.41. The molecule has 0 aliphatic carbocycles. The first kappa shape index (κ1) is 14.2. The Morgan fingerprint density at radius 2 is 1.95 bits per heavy atom. The first-order valence-corrected chi connectivity index (χ1v) is 5.91. The third-order valence-electron chi connectivity index (χ3n) is 2.70. The van der Waals surface area contributed by atoms with Gasteiger partial charge in [0.05, 0.1) is 6.20 Å². The molecule has 0 atom stereocenters. The molecule has 20 heavy (non-hydrogen) atoms. The zero-order valence-electron chi connectivity index (χ0n) is 10.8. The molecule has 1 aromatic heterocycles. The van der Waals surface area contributed by atoms with Gasteiger partial charge in [0.15, 0.2) is 0 Å². The van der Waals surface area contributed by atoms with E-state index in [2.05, 4.69) is 9.72 Å². The van der Waals surface area contributed by atoms with Crippen molar-refractivity contribution >= 4 is 5.82 Å². The van der Waals surface area contributed by atoms with Gasteiger partial charge in [0.2, 0.25) is 0 Å². The summed E-state index contributed by atoms with van der Waals surface area (Å²) in [6.07, 6.45) is 1.21. The molecule has 0 spiro atoms. The lowest BCUT2D eigenvalue weighted by molar-refractivity contribution is -0.0500. The summed E-state index contributed by atoms with van der Waals surface area (Å²) in [4.78, 5) is 5.72. The van der Waals surface area contributed by atoms with Crippen molar-refractivity contribution in [1.29, 1.82) is 0 Å². The molecular weight excluding hydrogens is 269 g/mol. The third-order valence-corrected chi connectivity index (χ3v) is 2.70. The molecule has 0 saturated heterocycles. The maximum absolute atomic E-state index is 13.5. The second kappa shape index (κ2) is 6.27. The molecule has 1 aromatic carbocycles. The number of aromatic nitrogens is 1. The van der Waals surface area contributed by atoms with E-state index in [1.165, 1.54) is 18.3 Å². The Hall–Kier alpha value is -2.24. The molecule has 0 aliphatic rings. The van der Waals surface area contributed by atoms with Crippen LogP contribution in [0.1, 0.15) is 5.56 Å². The SMILES string of the molecule is CN(Cc1ccccc1F)c1ccc(OC(F)F)cn1. The summed E-state index contributed by atoms with van der Waals surface area (Å²) >= 11 is 0. The monoisotopic (exact) mass is 282 g/mol. The largest absolute Gasteiger partial charge is 0.433 e. The molecule has 0 N–H and O–H groups in total. The maximum Gasteiger partial charge on any atom is 0.387 e. The van der Waals surface area contributed by atoms with Crippen molar-refractivity contribution in [3.8, 4) is 5.75 Å². The maximum atomic E-state index is 13.5. The molecule has 2 rings (SSSR count).